The van der Waals surface area contributed by atoms with Gasteiger partial charge in [-0.25, -0.2) is 9.18 Å². The number of methoxy groups -OCH3 is 1. The lowest BCUT2D eigenvalue weighted by molar-refractivity contribution is -0.144. The Kier molecular flexibility index (Phi) is 6.13. The van der Waals surface area contributed by atoms with Crippen LogP contribution in [-0.4, -0.2) is 35.8 Å². The Morgan fingerprint density at radius 3 is 2.70 bits per heavy atom. The molecule has 0 aliphatic heterocycles. The average molecular weight is 386 g/mol. The third-order valence-electron chi connectivity index (χ3n) is 4.12. The molecule has 1 heterocycles. The quantitative estimate of drug-likeness (QED) is 0.483. The number of ether oxygens (including phenoxy) is 1. The molecule has 0 radical (unpaired) electrons. The van der Waals surface area contributed by atoms with E-state index in [1.807, 2.05) is 30.5 Å². The molecule has 5 nitrogen and oxygen atoms in total. The van der Waals surface area contributed by atoms with Crippen molar-refractivity contribution in [3.63, 3.8) is 0 Å². The van der Waals surface area contributed by atoms with Gasteiger partial charge in [-0.15, -0.1) is 11.8 Å². The highest BCUT2D eigenvalue weighted by molar-refractivity contribution is 8.00. The monoisotopic (exact) mass is 386 g/mol. The Hall–Kier alpha value is -2.80. The van der Waals surface area contributed by atoms with Gasteiger partial charge in [0.15, 0.2) is 0 Å². The van der Waals surface area contributed by atoms with Crippen LogP contribution in [0.4, 0.5) is 4.39 Å². The van der Waals surface area contributed by atoms with E-state index in [0.717, 1.165) is 28.2 Å². The zero-order valence-corrected chi connectivity index (χ0v) is 15.5. The highest BCUT2D eigenvalue weighted by Crippen LogP contribution is 2.22. The number of H-pyrrole nitrogens is 1. The molecule has 140 valence electrons. The molecule has 0 saturated carbocycles. The van der Waals surface area contributed by atoms with Crippen molar-refractivity contribution in [2.75, 3.05) is 12.9 Å². The molecule has 1 atom stereocenters. The maximum atomic E-state index is 13.7. The largest absolute Gasteiger partial charge is 0.467 e. The molecule has 1 unspecified atom stereocenters. The third-order valence-corrected chi connectivity index (χ3v) is 5.16. The number of rotatable bonds is 7. The van der Waals surface area contributed by atoms with Gasteiger partial charge in [-0.3, -0.25) is 4.79 Å². The fourth-order valence-electron chi connectivity index (χ4n) is 2.80. The van der Waals surface area contributed by atoms with Crippen LogP contribution in [-0.2, 0) is 20.7 Å². The molecule has 7 heteroatoms. The molecule has 2 N–H and O–H groups in total. The Morgan fingerprint density at radius 2 is 1.93 bits per heavy atom. The van der Waals surface area contributed by atoms with Crippen LogP contribution in [0.2, 0.25) is 0 Å². The predicted octanol–water partition coefficient (Wildman–Crippen LogP) is 3.30. The summed E-state index contributed by atoms with van der Waals surface area (Å²) in [5.74, 6) is -1.26. The van der Waals surface area contributed by atoms with Crippen molar-refractivity contribution >= 4 is 34.5 Å². The van der Waals surface area contributed by atoms with Crippen LogP contribution in [0.15, 0.2) is 59.6 Å². The minimum Gasteiger partial charge on any atom is -0.467 e. The van der Waals surface area contributed by atoms with Crippen molar-refractivity contribution in [1.82, 2.24) is 10.3 Å². The van der Waals surface area contributed by atoms with Crippen LogP contribution in [0.25, 0.3) is 10.9 Å². The van der Waals surface area contributed by atoms with Crippen LogP contribution in [0.5, 0.6) is 0 Å². The van der Waals surface area contributed by atoms with E-state index in [1.54, 1.807) is 18.2 Å². The van der Waals surface area contributed by atoms with Crippen LogP contribution in [0.3, 0.4) is 0 Å². The van der Waals surface area contributed by atoms with Gasteiger partial charge in [0.2, 0.25) is 5.91 Å². The summed E-state index contributed by atoms with van der Waals surface area (Å²) in [5, 5.41) is 3.68. The number of aromatic nitrogens is 1. The minimum absolute atomic E-state index is 0.00229. The van der Waals surface area contributed by atoms with Crippen LogP contribution >= 0.6 is 11.8 Å². The van der Waals surface area contributed by atoms with Crippen molar-refractivity contribution < 1.29 is 18.7 Å². The first-order valence-electron chi connectivity index (χ1n) is 8.38. The lowest BCUT2D eigenvalue weighted by Gasteiger charge is -2.16. The maximum absolute atomic E-state index is 13.7. The average Bonchev–Trinajstić information content (AvgIpc) is 3.09. The van der Waals surface area contributed by atoms with E-state index < -0.39 is 12.0 Å². The minimum atomic E-state index is -0.817. The third kappa shape index (κ3) is 4.68. The summed E-state index contributed by atoms with van der Waals surface area (Å²) >= 11 is 1.08. The molecule has 0 aliphatic rings. The summed E-state index contributed by atoms with van der Waals surface area (Å²) in [6.45, 7) is 0. The molecule has 1 aromatic heterocycles. The Balaban J connectivity index is 1.67. The lowest BCUT2D eigenvalue weighted by Crippen LogP contribution is -2.43. The highest BCUT2D eigenvalue weighted by atomic mass is 32.2. The van der Waals surface area contributed by atoms with E-state index in [1.165, 1.54) is 13.2 Å². The van der Waals surface area contributed by atoms with E-state index in [0.29, 0.717) is 11.3 Å². The van der Waals surface area contributed by atoms with Crippen molar-refractivity contribution in [2.45, 2.75) is 17.4 Å². The predicted molar refractivity (Wildman–Crippen MR) is 103 cm³/mol. The second-order valence-electron chi connectivity index (χ2n) is 5.93. The highest BCUT2D eigenvalue weighted by Gasteiger charge is 2.23. The van der Waals surface area contributed by atoms with Crippen molar-refractivity contribution in [1.29, 1.82) is 0 Å². The summed E-state index contributed by atoms with van der Waals surface area (Å²) in [6, 6.07) is 13.2. The molecule has 1 amide bonds. The summed E-state index contributed by atoms with van der Waals surface area (Å²) in [5.41, 5.74) is 1.86. The van der Waals surface area contributed by atoms with Gasteiger partial charge < -0.3 is 15.0 Å². The maximum Gasteiger partial charge on any atom is 0.328 e. The summed E-state index contributed by atoms with van der Waals surface area (Å²) in [7, 11) is 1.28. The van der Waals surface area contributed by atoms with Gasteiger partial charge in [0.1, 0.15) is 11.9 Å². The van der Waals surface area contributed by atoms with Crippen LogP contribution in [0.1, 0.15) is 5.56 Å². The Labute approximate surface area is 160 Å². The normalized spacial score (nSPS) is 11.9. The zero-order chi connectivity index (χ0) is 19.2. The molecular weight excluding hydrogens is 367 g/mol. The van der Waals surface area contributed by atoms with Crippen molar-refractivity contribution in [2.24, 2.45) is 0 Å². The molecule has 2 aromatic carbocycles. The van der Waals surface area contributed by atoms with Gasteiger partial charge in [-0.05, 0) is 23.8 Å². The molecule has 0 bridgehead atoms. The number of carbonyl (C=O) groups is 2. The fraction of sp³-hybridized carbons (Fsp3) is 0.200. The number of para-hydroxylation sites is 1. The first kappa shape index (κ1) is 19.0. The molecule has 0 spiro atoms. The van der Waals surface area contributed by atoms with E-state index >= 15 is 0 Å². The number of aromatic amines is 1. The number of thioether (sulfide) groups is 1. The first-order chi connectivity index (χ1) is 13.1. The molecule has 27 heavy (non-hydrogen) atoms. The number of benzene rings is 2. The summed E-state index contributed by atoms with van der Waals surface area (Å²) in [4.78, 5) is 27.9. The van der Waals surface area contributed by atoms with E-state index in [-0.39, 0.29) is 17.5 Å². The van der Waals surface area contributed by atoms with Gasteiger partial charge in [0.25, 0.3) is 0 Å². The zero-order valence-electron chi connectivity index (χ0n) is 14.7. The number of fused-ring (bicyclic) bond motifs is 1. The number of hydrogen-bond donors (Lipinski definition) is 2. The Bertz CT molecular complexity index is 957. The number of carbonyl (C=O) groups excluding carboxylic acids is 2. The molecular formula is C20H19FN2O3S. The molecule has 0 saturated heterocycles. The van der Waals surface area contributed by atoms with Crippen LogP contribution in [0, 0.1) is 5.82 Å². The number of nitrogens with one attached hydrogen (secondary N) is 2. The number of hydrogen-bond acceptors (Lipinski definition) is 4. The van der Waals surface area contributed by atoms with Gasteiger partial charge >= 0.3 is 5.97 Å². The van der Waals surface area contributed by atoms with Crippen LogP contribution < -0.4 is 5.32 Å². The smallest absolute Gasteiger partial charge is 0.328 e. The number of esters is 1. The van der Waals surface area contributed by atoms with Gasteiger partial charge in [-0.2, -0.15) is 0 Å². The second-order valence-corrected chi connectivity index (χ2v) is 6.94. The molecule has 3 rings (SSSR count). The summed E-state index contributed by atoms with van der Waals surface area (Å²) in [6.07, 6.45) is 2.12. The number of amides is 1. The topological polar surface area (TPSA) is 71.2 Å². The number of halogens is 1. The molecule has 0 aliphatic carbocycles. The van der Waals surface area contributed by atoms with Gasteiger partial charge in [-0.1, -0.05) is 30.3 Å². The SMILES string of the molecule is COC(=O)C(Cc1c[nH]c2ccccc12)NC(=O)CSc1ccccc1F. The van der Waals surface area contributed by atoms with E-state index in [9.17, 15) is 14.0 Å². The van der Waals surface area contributed by atoms with E-state index in [2.05, 4.69) is 10.3 Å². The fourth-order valence-corrected chi connectivity index (χ4v) is 3.55. The van der Waals surface area contributed by atoms with E-state index in [4.69, 9.17) is 4.74 Å². The Morgan fingerprint density at radius 1 is 1.19 bits per heavy atom. The van der Waals surface area contributed by atoms with Gasteiger partial charge in [0.05, 0.1) is 12.9 Å². The summed E-state index contributed by atoms with van der Waals surface area (Å²) < 4.78 is 18.5. The van der Waals surface area contributed by atoms with Crippen molar-refractivity contribution in [3.05, 3.63) is 66.1 Å². The van der Waals surface area contributed by atoms with Crippen molar-refractivity contribution in [3.8, 4) is 0 Å². The lowest BCUT2D eigenvalue weighted by atomic mass is 10.0. The standard InChI is InChI=1S/C20H19FN2O3S/c1-26-20(25)17(10-13-11-22-16-8-4-2-6-14(13)16)23-19(24)12-27-18-9-5-3-7-15(18)21/h2-9,11,17,22H,10,12H2,1H3,(H,23,24). The van der Waals surface area contributed by atoms with Gasteiger partial charge in [0, 0.05) is 28.4 Å². The second kappa shape index (κ2) is 8.73. The molecule has 0 fully saturated rings. The first-order valence-corrected chi connectivity index (χ1v) is 9.36. The molecule has 3 aromatic rings.